The summed E-state index contributed by atoms with van der Waals surface area (Å²) in [4.78, 5) is 20.6. The summed E-state index contributed by atoms with van der Waals surface area (Å²) < 4.78 is 10.2. The van der Waals surface area contributed by atoms with E-state index < -0.39 is 0 Å². The lowest BCUT2D eigenvalue weighted by atomic mass is 10.1. The van der Waals surface area contributed by atoms with E-state index in [1.54, 1.807) is 7.11 Å². The Kier molecular flexibility index (Phi) is 4.89. The van der Waals surface area contributed by atoms with Crippen LogP contribution in [-0.2, 0) is 13.6 Å². The molecule has 2 aromatic heterocycles. The summed E-state index contributed by atoms with van der Waals surface area (Å²) in [5, 5.41) is 10.4. The van der Waals surface area contributed by atoms with Gasteiger partial charge in [0, 0.05) is 48.7 Å². The lowest BCUT2D eigenvalue weighted by Crippen LogP contribution is -2.41. The number of nitrogens with two attached hydrogens (primary N) is 1. The highest BCUT2D eigenvalue weighted by molar-refractivity contribution is 6.00. The molecule has 8 nitrogen and oxygen atoms in total. The second kappa shape index (κ2) is 8.09. The highest BCUT2D eigenvalue weighted by atomic mass is 16.5. The maximum absolute atomic E-state index is 13.6. The Morgan fingerprint density at radius 2 is 2.03 bits per heavy atom. The van der Waals surface area contributed by atoms with Crippen LogP contribution in [0.4, 0.5) is 0 Å². The topological polar surface area (TPSA) is 102 Å². The molecule has 1 aliphatic heterocycles. The Morgan fingerprint density at radius 1 is 1.19 bits per heavy atom. The molecule has 3 heterocycles. The van der Waals surface area contributed by atoms with E-state index in [1.807, 2.05) is 42.3 Å². The first-order valence-corrected chi connectivity index (χ1v) is 13.1. The van der Waals surface area contributed by atoms with E-state index in [9.17, 15) is 10.1 Å². The minimum absolute atomic E-state index is 0.00179. The number of aryl methyl sites for hydroxylation is 1. The van der Waals surface area contributed by atoms with Gasteiger partial charge in [-0.25, -0.2) is 4.98 Å². The van der Waals surface area contributed by atoms with Crippen LogP contribution < -0.4 is 10.5 Å². The monoisotopic (exact) mass is 494 g/mol. The zero-order chi connectivity index (χ0) is 25.4. The fourth-order valence-corrected chi connectivity index (χ4v) is 6.55. The number of likely N-dealkylation sites (tertiary alicyclic amines) is 1. The molecular formula is C29H30N6O2. The molecule has 2 N–H and O–H groups in total. The first-order valence-electron chi connectivity index (χ1n) is 13.1. The number of carbonyl (C=O) groups is 1. The molecule has 2 saturated carbocycles. The maximum Gasteiger partial charge on any atom is 0.254 e. The van der Waals surface area contributed by atoms with E-state index in [0.717, 1.165) is 59.4 Å². The number of hydrogen-bond donors (Lipinski definition) is 1. The molecular weight excluding hydrogens is 464 g/mol. The molecule has 4 aromatic rings. The molecule has 0 spiro atoms. The molecule has 7 rings (SSSR count). The predicted molar refractivity (Wildman–Crippen MR) is 141 cm³/mol. The molecule has 8 heteroatoms. The van der Waals surface area contributed by atoms with Crippen molar-refractivity contribution in [2.45, 2.75) is 44.3 Å². The Balaban J connectivity index is 1.35. The van der Waals surface area contributed by atoms with Crippen LogP contribution in [-0.4, -0.2) is 50.7 Å². The summed E-state index contributed by atoms with van der Waals surface area (Å²) in [6, 6.07) is 14.2. The normalized spacial score (nSPS) is 22.8. The summed E-state index contributed by atoms with van der Waals surface area (Å²) in [6.07, 6.45) is 4.55. The van der Waals surface area contributed by atoms with E-state index in [0.29, 0.717) is 28.7 Å². The van der Waals surface area contributed by atoms with Crippen LogP contribution in [0.2, 0.25) is 0 Å². The number of methoxy groups -OCH3 is 1. The van der Waals surface area contributed by atoms with Gasteiger partial charge in [-0.05, 0) is 73.9 Å². The number of benzene rings is 2. The van der Waals surface area contributed by atoms with Gasteiger partial charge in [-0.2, -0.15) is 5.26 Å². The summed E-state index contributed by atoms with van der Waals surface area (Å²) in [6.45, 7) is 1.65. The van der Waals surface area contributed by atoms with Crippen LogP contribution in [0.5, 0.6) is 5.75 Å². The Labute approximate surface area is 215 Å². The zero-order valence-corrected chi connectivity index (χ0v) is 21.1. The Bertz CT molecular complexity index is 1620. The Hall–Kier alpha value is -3.83. The molecule has 2 aliphatic carbocycles. The lowest BCUT2D eigenvalue weighted by Gasteiger charge is -2.27. The highest BCUT2D eigenvalue weighted by Gasteiger charge is 2.47. The summed E-state index contributed by atoms with van der Waals surface area (Å²) in [7, 11) is 3.63. The van der Waals surface area contributed by atoms with Gasteiger partial charge in [0.1, 0.15) is 11.3 Å². The third-order valence-electron chi connectivity index (χ3n) is 8.71. The van der Waals surface area contributed by atoms with Crippen LogP contribution in [0.15, 0.2) is 36.4 Å². The van der Waals surface area contributed by atoms with Gasteiger partial charge in [0.25, 0.3) is 5.91 Å². The SMILES string of the molecule is COc1cc(C(=O)N2C[C@H]3CC[C@@H]2[C@H]3N)cc2nc(-c3cc4cc(C#N)ccc4n3CC3CC3)n(C)c12. The first-order chi connectivity index (χ1) is 18.0. The number of nitriles is 1. The fourth-order valence-electron chi connectivity index (χ4n) is 6.55. The van der Waals surface area contributed by atoms with E-state index in [2.05, 4.69) is 21.3 Å². The number of amides is 1. The molecule has 3 atom stereocenters. The van der Waals surface area contributed by atoms with Crippen LogP contribution in [0.3, 0.4) is 0 Å². The third kappa shape index (κ3) is 3.37. The molecule has 37 heavy (non-hydrogen) atoms. The Morgan fingerprint density at radius 3 is 2.70 bits per heavy atom. The van der Waals surface area contributed by atoms with E-state index >= 15 is 0 Å². The van der Waals surface area contributed by atoms with Gasteiger partial charge < -0.3 is 24.5 Å². The van der Waals surface area contributed by atoms with Gasteiger partial charge >= 0.3 is 0 Å². The molecule has 3 aliphatic rings. The standard InChI is InChI=1S/C29H30N6O2/c1-33-27-21(10-20(12-25(27)37-2)29(36)35-15-18-6-8-23(35)26(18)31)32-28(33)24-11-19-9-17(13-30)5-7-22(19)34(24)14-16-3-4-16/h5,7,9-12,16,18,23,26H,3-4,6,8,14-15,31H2,1-2H3/t18-,23-,26+/m1/s1. The van der Waals surface area contributed by atoms with Crippen molar-refractivity contribution in [2.75, 3.05) is 13.7 Å². The third-order valence-corrected chi connectivity index (χ3v) is 8.71. The number of imidazole rings is 1. The van der Waals surface area contributed by atoms with Crippen LogP contribution in [0.25, 0.3) is 33.5 Å². The molecule has 0 unspecified atom stereocenters. The van der Waals surface area contributed by atoms with E-state index in [1.165, 1.54) is 12.8 Å². The van der Waals surface area contributed by atoms with Crippen molar-refractivity contribution in [3.05, 3.63) is 47.5 Å². The van der Waals surface area contributed by atoms with Gasteiger partial charge in [-0.3, -0.25) is 4.79 Å². The number of fused-ring (bicyclic) bond motifs is 4. The highest BCUT2D eigenvalue weighted by Crippen LogP contribution is 2.40. The van der Waals surface area contributed by atoms with Gasteiger partial charge in [0.15, 0.2) is 5.82 Å². The van der Waals surface area contributed by atoms with Crippen molar-refractivity contribution in [1.82, 2.24) is 19.0 Å². The second-order valence-electron chi connectivity index (χ2n) is 10.9. The van der Waals surface area contributed by atoms with Crippen LogP contribution >= 0.6 is 0 Å². The average molecular weight is 495 g/mol. The number of hydrogen-bond acceptors (Lipinski definition) is 5. The summed E-state index contributed by atoms with van der Waals surface area (Å²) in [5.41, 5.74) is 11.3. The number of nitrogens with zero attached hydrogens (tertiary/aromatic N) is 5. The minimum Gasteiger partial charge on any atom is -0.494 e. The number of rotatable bonds is 5. The molecule has 0 radical (unpaired) electrons. The zero-order valence-electron chi connectivity index (χ0n) is 21.1. The predicted octanol–water partition coefficient (Wildman–Crippen LogP) is 4.05. The smallest absolute Gasteiger partial charge is 0.254 e. The minimum atomic E-state index is 0.00179. The van der Waals surface area contributed by atoms with Crippen molar-refractivity contribution in [3.8, 4) is 23.3 Å². The van der Waals surface area contributed by atoms with Crippen LogP contribution in [0, 0.1) is 23.2 Å². The van der Waals surface area contributed by atoms with Crippen molar-refractivity contribution in [1.29, 1.82) is 5.26 Å². The van der Waals surface area contributed by atoms with Gasteiger partial charge in [-0.1, -0.05) is 0 Å². The van der Waals surface area contributed by atoms with E-state index in [-0.39, 0.29) is 18.0 Å². The molecule has 1 amide bonds. The number of ether oxygens (including phenoxy) is 1. The van der Waals surface area contributed by atoms with Gasteiger partial charge in [0.2, 0.25) is 0 Å². The van der Waals surface area contributed by atoms with Crippen molar-refractivity contribution in [2.24, 2.45) is 24.6 Å². The maximum atomic E-state index is 13.6. The number of piperidine rings is 1. The van der Waals surface area contributed by atoms with Crippen molar-refractivity contribution in [3.63, 3.8) is 0 Å². The number of aromatic nitrogens is 3. The largest absolute Gasteiger partial charge is 0.494 e. The van der Waals surface area contributed by atoms with Crippen LogP contribution in [0.1, 0.15) is 41.6 Å². The average Bonchev–Trinajstić information content (AvgIpc) is 3.32. The van der Waals surface area contributed by atoms with Crippen molar-refractivity contribution < 1.29 is 9.53 Å². The van der Waals surface area contributed by atoms with Gasteiger partial charge in [-0.15, -0.1) is 0 Å². The first kappa shape index (κ1) is 22.4. The molecule has 188 valence electrons. The quantitative estimate of drug-likeness (QED) is 0.451. The van der Waals surface area contributed by atoms with Gasteiger partial charge in [0.05, 0.1) is 30.0 Å². The molecule has 2 aromatic carbocycles. The van der Waals surface area contributed by atoms with E-state index in [4.69, 9.17) is 15.5 Å². The fraction of sp³-hybridized carbons (Fsp3) is 0.414. The summed E-state index contributed by atoms with van der Waals surface area (Å²) >= 11 is 0. The summed E-state index contributed by atoms with van der Waals surface area (Å²) in [5.74, 6) is 2.52. The molecule has 2 bridgehead atoms. The lowest BCUT2D eigenvalue weighted by molar-refractivity contribution is 0.0700. The number of carbonyl (C=O) groups excluding carboxylic acids is 1. The van der Waals surface area contributed by atoms with Crippen molar-refractivity contribution >= 4 is 27.8 Å². The molecule has 3 fully saturated rings. The molecule has 1 saturated heterocycles. The second-order valence-corrected chi connectivity index (χ2v) is 10.9.